The maximum atomic E-state index is 12.0. The summed E-state index contributed by atoms with van der Waals surface area (Å²) in [5, 5.41) is 3.22. The lowest BCUT2D eigenvalue weighted by molar-refractivity contribution is 0.102. The number of nitrogens with one attached hydrogen (secondary N) is 1. The van der Waals surface area contributed by atoms with Crippen LogP contribution in [0.5, 0.6) is 5.75 Å². The summed E-state index contributed by atoms with van der Waals surface area (Å²) in [6.07, 6.45) is 1.49. The van der Waals surface area contributed by atoms with E-state index in [-0.39, 0.29) is 11.6 Å². The first-order valence-electron chi connectivity index (χ1n) is 5.85. The Morgan fingerprint density at radius 1 is 1.37 bits per heavy atom. The van der Waals surface area contributed by atoms with Crippen molar-refractivity contribution in [3.05, 3.63) is 53.3 Å². The minimum atomic E-state index is -0.324. The van der Waals surface area contributed by atoms with Crippen LogP contribution in [-0.2, 0) is 0 Å². The van der Waals surface area contributed by atoms with Gasteiger partial charge in [0.1, 0.15) is 11.4 Å². The van der Waals surface area contributed by atoms with Crippen molar-refractivity contribution in [2.24, 2.45) is 0 Å². The third-order valence-corrected chi connectivity index (χ3v) is 2.62. The predicted molar refractivity (Wildman–Crippen MR) is 74.8 cm³/mol. The number of aromatic nitrogens is 1. The molecule has 0 saturated heterocycles. The molecule has 0 fully saturated rings. The van der Waals surface area contributed by atoms with Crippen molar-refractivity contribution < 1.29 is 9.53 Å². The molecule has 0 saturated carbocycles. The summed E-state index contributed by atoms with van der Waals surface area (Å²) in [6, 6.07) is 10.4. The largest absolute Gasteiger partial charge is 0.492 e. The van der Waals surface area contributed by atoms with Gasteiger partial charge < -0.3 is 10.1 Å². The van der Waals surface area contributed by atoms with Gasteiger partial charge in [-0.3, -0.25) is 9.78 Å². The number of anilines is 1. The van der Waals surface area contributed by atoms with Gasteiger partial charge >= 0.3 is 0 Å². The topological polar surface area (TPSA) is 51.2 Å². The van der Waals surface area contributed by atoms with E-state index in [1.807, 2.05) is 19.1 Å². The second-order valence-electron chi connectivity index (χ2n) is 3.74. The molecule has 2 rings (SSSR count). The highest BCUT2D eigenvalue weighted by atomic mass is 35.5. The van der Waals surface area contributed by atoms with Gasteiger partial charge in [0.15, 0.2) is 0 Å². The summed E-state index contributed by atoms with van der Waals surface area (Å²) in [5.41, 5.74) is 0.870. The molecule has 0 atom stereocenters. The molecule has 0 bridgehead atoms. The molecule has 1 aromatic carbocycles. The summed E-state index contributed by atoms with van der Waals surface area (Å²) < 4.78 is 5.44. The fraction of sp³-hybridized carbons (Fsp3) is 0.143. The molecule has 0 radical (unpaired) electrons. The van der Waals surface area contributed by atoms with E-state index in [1.54, 1.807) is 18.2 Å². The van der Waals surface area contributed by atoms with Gasteiger partial charge in [-0.25, -0.2) is 0 Å². The SMILES string of the molecule is CCOc1ccccc1NC(=O)c1cc(Cl)ccn1. The average molecular weight is 277 g/mol. The third-order valence-electron chi connectivity index (χ3n) is 2.39. The molecular formula is C14H13ClN2O2. The van der Waals surface area contributed by atoms with Crippen LogP contribution in [0.25, 0.3) is 0 Å². The Morgan fingerprint density at radius 2 is 2.16 bits per heavy atom. The maximum absolute atomic E-state index is 12.0. The number of ether oxygens (including phenoxy) is 1. The molecule has 5 heteroatoms. The summed E-state index contributed by atoms with van der Waals surface area (Å²) in [7, 11) is 0. The van der Waals surface area contributed by atoms with E-state index in [9.17, 15) is 4.79 Å². The average Bonchev–Trinajstić information content (AvgIpc) is 2.41. The van der Waals surface area contributed by atoms with E-state index in [0.29, 0.717) is 23.1 Å². The number of amides is 1. The number of benzene rings is 1. The van der Waals surface area contributed by atoms with Crippen LogP contribution in [0.15, 0.2) is 42.6 Å². The van der Waals surface area contributed by atoms with Crippen molar-refractivity contribution in [3.63, 3.8) is 0 Å². The minimum absolute atomic E-state index is 0.263. The zero-order valence-corrected chi connectivity index (χ0v) is 11.1. The zero-order valence-electron chi connectivity index (χ0n) is 10.4. The second kappa shape index (κ2) is 6.20. The molecule has 0 unspecified atom stereocenters. The molecule has 98 valence electrons. The summed E-state index contributed by atoms with van der Waals surface area (Å²) >= 11 is 5.83. The van der Waals surface area contributed by atoms with E-state index in [0.717, 1.165) is 0 Å². The summed E-state index contributed by atoms with van der Waals surface area (Å²) in [4.78, 5) is 16.0. The van der Waals surface area contributed by atoms with Gasteiger partial charge in [0.05, 0.1) is 12.3 Å². The monoisotopic (exact) mass is 276 g/mol. The fourth-order valence-electron chi connectivity index (χ4n) is 1.57. The normalized spacial score (nSPS) is 10.0. The standard InChI is InChI=1S/C14H13ClN2O2/c1-2-19-13-6-4-3-5-11(13)17-14(18)12-9-10(15)7-8-16-12/h3-9H,2H2,1H3,(H,17,18). The highest BCUT2D eigenvalue weighted by Crippen LogP contribution is 2.24. The second-order valence-corrected chi connectivity index (χ2v) is 4.18. The lowest BCUT2D eigenvalue weighted by Gasteiger charge is -2.10. The van der Waals surface area contributed by atoms with Crippen LogP contribution in [0.4, 0.5) is 5.69 Å². The molecule has 1 N–H and O–H groups in total. The Balaban J connectivity index is 2.19. The van der Waals surface area contributed by atoms with Crippen molar-refractivity contribution >= 4 is 23.2 Å². The van der Waals surface area contributed by atoms with Crippen molar-refractivity contribution in [1.29, 1.82) is 0 Å². The zero-order chi connectivity index (χ0) is 13.7. The molecule has 0 aliphatic carbocycles. The van der Waals surface area contributed by atoms with E-state index in [2.05, 4.69) is 10.3 Å². The molecule has 0 aliphatic heterocycles. The molecule has 1 aromatic heterocycles. The molecule has 0 spiro atoms. The first-order chi connectivity index (χ1) is 9.20. The van der Waals surface area contributed by atoms with Crippen LogP contribution in [0.3, 0.4) is 0 Å². The maximum Gasteiger partial charge on any atom is 0.274 e. The number of pyridine rings is 1. The van der Waals surface area contributed by atoms with Crippen LogP contribution < -0.4 is 10.1 Å². The third kappa shape index (κ3) is 3.45. The first-order valence-corrected chi connectivity index (χ1v) is 6.23. The van der Waals surface area contributed by atoms with Gasteiger partial charge in [0.25, 0.3) is 5.91 Å². The summed E-state index contributed by atoms with van der Waals surface area (Å²) in [6.45, 7) is 2.42. The number of carbonyl (C=O) groups is 1. The Morgan fingerprint density at radius 3 is 2.89 bits per heavy atom. The molecule has 19 heavy (non-hydrogen) atoms. The Hall–Kier alpha value is -2.07. The van der Waals surface area contributed by atoms with Gasteiger partial charge in [-0.05, 0) is 31.2 Å². The van der Waals surface area contributed by atoms with Crippen molar-refractivity contribution in [3.8, 4) is 5.75 Å². The number of rotatable bonds is 4. The van der Waals surface area contributed by atoms with Gasteiger partial charge in [-0.15, -0.1) is 0 Å². The predicted octanol–water partition coefficient (Wildman–Crippen LogP) is 3.39. The smallest absolute Gasteiger partial charge is 0.274 e. The van der Waals surface area contributed by atoms with Gasteiger partial charge in [-0.1, -0.05) is 23.7 Å². The quantitative estimate of drug-likeness (QED) is 0.931. The van der Waals surface area contributed by atoms with Crippen LogP contribution in [-0.4, -0.2) is 17.5 Å². The molecule has 0 aliphatic rings. The van der Waals surface area contributed by atoms with Crippen molar-refractivity contribution in [2.75, 3.05) is 11.9 Å². The van der Waals surface area contributed by atoms with Crippen LogP contribution in [0.1, 0.15) is 17.4 Å². The number of nitrogens with zero attached hydrogens (tertiary/aromatic N) is 1. The number of hydrogen-bond acceptors (Lipinski definition) is 3. The van der Waals surface area contributed by atoms with Crippen LogP contribution >= 0.6 is 11.6 Å². The van der Waals surface area contributed by atoms with E-state index >= 15 is 0 Å². The molecule has 1 heterocycles. The van der Waals surface area contributed by atoms with Gasteiger partial charge in [0.2, 0.25) is 0 Å². The lowest BCUT2D eigenvalue weighted by Crippen LogP contribution is -2.14. The van der Waals surface area contributed by atoms with E-state index in [4.69, 9.17) is 16.3 Å². The molecular weight excluding hydrogens is 264 g/mol. The molecule has 1 amide bonds. The number of hydrogen-bond donors (Lipinski definition) is 1. The fourth-order valence-corrected chi connectivity index (χ4v) is 1.73. The Kier molecular flexibility index (Phi) is 4.36. The first kappa shape index (κ1) is 13.4. The van der Waals surface area contributed by atoms with Crippen molar-refractivity contribution in [1.82, 2.24) is 4.98 Å². The van der Waals surface area contributed by atoms with E-state index in [1.165, 1.54) is 12.3 Å². The number of para-hydroxylation sites is 2. The molecule has 4 nitrogen and oxygen atoms in total. The van der Waals surface area contributed by atoms with Gasteiger partial charge in [0, 0.05) is 11.2 Å². The highest BCUT2D eigenvalue weighted by Gasteiger charge is 2.10. The van der Waals surface area contributed by atoms with E-state index < -0.39 is 0 Å². The number of carbonyl (C=O) groups excluding carboxylic acids is 1. The molecule has 2 aromatic rings. The minimum Gasteiger partial charge on any atom is -0.492 e. The lowest BCUT2D eigenvalue weighted by atomic mass is 10.2. The Bertz CT molecular complexity index is 587. The highest BCUT2D eigenvalue weighted by molar-refractivity contribution is 6.30. The Labute approximate surface area is 116 Å². The number of halogens is 1. The van der Waals surface area contributed by atoms with Crippen LogP contribution in [0, 0.1) is 0 Å². The van der Waals surface area contributed by atoms with Crippen molar-refractivity contribution in [2.45, 2.75) is 6.92 Å². The summed E-state index contributed by atoms with van der Waals surface area (Å²) in [5.74, 6) is 0.301. The van der Waals surface area contributed by atoms with Gasteiger partial charge in [-0.2, -0.15) is 0 Å². The van der Waals surface area contributed by atoms with Crippen LogP contribution in [0.2, 0.25) is 5.02 Å².